The number of benzene rings is 1. The fourth-order valence-corrected chi connectivity index (χ4v) is 6.06. The zero-order valence-electron chi connectivity index (χ0n) is 20.5. The van der Waals surface area contributed by atoms with Gasteiger partial charge in [-0.3, -0.25) is 9.78 Å². The first kappa shape index (κ1) is 26.7. The number of ether oxygens (including phenoxy) is 1. The number of methoxy groups -OCH3 is 1. The maximum Gasteiger partial charge on any atom is 0.303 e. The van der Waals surface area contributed by atoms with Crippen molar-refractivity contribution in [3.05, 3.63) is 36.0 Å². The summed E-state index contributed by atoms with van der Waals surface area (Å²) in [6.07, 6.45) is 6.18. The predicted octanol–water partition coefficient (Wildman–Crippen LogP) is 6.37. The molecule has 0 spiro atoms. The number of fused-ring (bicyclic) bond motifs is 1. The van der Waals surface area contributed by atoms with Gasteiger partial charge in [0, 0.05) is 36.8 Å². The molecule has 1 aromatic carbocycles. The van der Waals surface area contributed by atoms with Gasteiger partial charge in [-0.15, -0.1) is 0 Å². The molecule has 3 atom stereocenters. The van der Waals surface area contributed by atoms with Crippen LogP contribution in [0, 0.1) is 11.8 Å². The van der Waals surface area contributed by atoms with Crippen molar-refractivity contribution in [3.8, 4) is 5.75 Å². The normalized spacial score (nSPS) is 19.9. The smallest absolute Gasteiger partial charge is 0.303 e. The van der Waals surface area contributed by atoms with Crippen LogP contribution in [0.1, 0.15) is 63.6 Å². The molecule has 1 fully saturated rings. The summed E-state index contributed by atoms with van der Waals surface area (Å²) in [5.41, 5.74) is 1.43. The summed E-state index contributed by atoms with van der Waals surface area (Å²) in [6.45, 7) is 5.23. The monoisotopic (exact) mass is 490 g/mol. The molecule has 1 saturated heterocycles. The lowest BCUT2D eigenvalue weighted by atomic mass is 9.79. The second-order valence-electron chi connectivity index (χ2n) is 9.34. The molecule has 2 heterocycles. The van der Waals surface area contributed by atoms with Crippen LogP contribution in [0.25, 0.3) is 10.9 Å². The van der Waals surface area contributed by atoms with Gasteiger partial charge in [-0.2, -0.15) is 11.8 Å². The minimum atomic E-state index is -1.08. The molecule has 3 rings (SSSR count). The Morgan fingerprint density at radius 1 is 1.29 bits per heavy atom. The number of hydrogen-bond donors (Lipinski definition) is 1. The number of carbonyl (C=O) groups is 1. The number of halogens is 1. The van der Waals surface area contributed by atoms with Crippen LogP contribution in [-0.2, 0) is 4.79 Å². The van der Waals surface area contributed by atoms with Crippen molar-refractivity contribution in [2.45, 2.75) is 58.0 Å². The highest BCUT2D eigenvalue weighted by atomic mass is 32.2. The fraction of sp³-hybridized carbons (Fsp3) is 0.630. The number of thioether (sulfide) groups is 1. The molecule has 1 N–H and O–H groups in total. The molecule has 0 bridgehead atoms. The number of pyridine rings is 1. The van der Waals surface area contributed by atoms with Crippen molar-refractivity contribution in [3.63, 3.8) is 0 Å². The van der Waals surface area contributed by atoms with Crippen molar-refractivity contribution < 1.29 is 19.0 Å². The van der Waals surface area contributed by atoms with Gasteiger partial charge in [0.2, 0.25) is 0 Å². The quantitative estimate of drug-likeness (QED) is 0.311. The summed E-state index contributed by atoms with van der Waals surface area (Å²) in [5.74, 6) is 2.97. The summed E-state index contributed by atoms with van der Waals surface area (Å²) < 4.78 is 20.8. The lowest BCUT2D eigenvalue weighted by Crippen LogP contribution is -2.41. The first-order valence-electron chi connectivity index (χ1n) is 12.6. The number of unbranched alkanes of at least 4 members (excludes halogenated alkanes) is 1. The van der Waals surface area contributed by atoms with E-state index in [1.165, 1.54) is 18.6 Å². The standard InChI is InChI=1S/C27H39FN2O3S/c1-3-4-16-34-17-15-30-14-12-20(21(19-30)6-10-27(31)32)5-8-25(28)23-11-13-29-26-9-7-22(33-2)18-24(23)26/h7,9,11,13,18,20-21,25H,3-6,8,10,12,14-17,19H2,1-2H3,(H,31,32)/t20?,21?,25-/m0/s1. The van der Waals surface area contributed by atoms with E-state index in [1.54, 1.807) is 19.4 Å². The summed E-state index contributed by atoms with van der Waals surface area (Å²) >= 11 is 2.01. The van der Waals surface area contributed by atoms with E-state index in [0.717, 1.165) is 49.1 Å². The van der Waals surface area contributed by atoms with Crippen LogP contribution in [0.2, 0.25) is 0 Å². The third-order valence-electron chi connectivity index (χ3n) is 7.01. The summed E-state index contributed by atoms with van der Waals surface area (Å²) in [6, 6.07) is 7.34. The highest BCUT2D eigenvalue weighted by Gasteiger charge is 2.30. The Labute approximate surface area is 207 Å². The Morgan fingerprint density at radius 2 is 2.15 bits per heavy atom. The van der Waals surface area contributed by atoms with Gasteiger partial charge >= 0.3 is 5.97 Å². The number of carboxylic acid groups (broad SMARTS) is 1. The molecule has 1 aromatic heterocycles. The second-order valence-corrected chi connectivity index (χ2v) is 10.6. The van der Waals surface area contributed by atoms with Crippen molar-refractivity contribution in [1.29, 1.82) is 0 Å². The third-order valence-corrected chi connectivity index (χ3v) is 8.06. The average Bonchev–Trinajstić information content (AvgIpc) is 2.85. The minimum absolute atomic E-state index is 0.189. The topological polar surface area (TPSA) is 62.7 Å². The Bertz CT molecular complexity index is 913. The number of nitrogens with zero attached hydrogens (tertiary/aromatic N) is 2. The molecule has 0 aliphatic carbocycles. The molecular formula is C27H39FN2O3S. The molecule has 0 saturated carbocycles. The summed E-state index contributed by atoms with van der Waals surface area (Å²) in [4.78, 5) is 18.1. The average molecular weight is 491 g/mol. The number of likely N-dealkylation sites (tertiary alicyclic amines) is 1. The first-order valence-corrected chi connectivity index (χ1v) is 13.8. The zero-order valence-corrected chi connectivity index (χ0v) is 21.4. The van der Waals surface area contributed by atoms with Crippen LogP contribution < -0.4 is 4.74 Å². The maximum atomic E-state index is 15.5. The van der Waals surface area contributed by atoms with E-state index < -0.39 is 12.1 Å². The lowest BCUT2D eigenvalue weighted by Gasteiger charge is -2.39. The number of rotatable bonds is 14. The van der Waals surface area contributed by atoms with Gasteiger partial charge in [-0.05, 0) is 86.1 Å². The van der Waals surface area contributed by atoms with Gasteiger partial charge in [0.15, 0.2) is 0 Å². The highest BCUT2D eigenvalue weighted by Crippen LogP contribution is 2.36. The Hall–Kier alpha value is -1.86. The maximum absolute atomic E-state index is 15.5. The minimum Gasteiger partial charge on any atom is -0.497 e. The lowest BCUT2D eigenvalue weighted by molar-refractivity contribution is -0.137. The SMILES string of the molecule is CCCCSCCN1CCC(CC[C@H](F)c2ccnc3ccc(OC)cc23)C(CCC(=O)O)C1. The fourth-order valence-electron chi connectivity index (χ4n) is 4.98. The van der Waals surface area contributed by atoms with Gasteiger partial charge < -0.3 is 14.7 Å². The number of piperidine rings is 1. The van der Waals surface area contributed by atoms with Crippen molar-refractivity contribution >= 4 is 28.6 Å². The Morgan fingerprint density at radius 3 is 2.91 bits per heavy atom. The largest absolute Gasteiger partial charge is 0.497 e. The first-order chi connectivity index (χ1) is 16.5. The van der Waals surface area contributed by atoms with Crippen LogP contribution in [-0.4, -0.2) is 59.2 Å². The molecule has 1 aliphatic heterocycles. The van der Waals surface area contributed by atoms with E-state index in [-0.39, 0.29) is 6.42 Å². The number of hydrogen-bond acceptors (Lipinski definition) is 5. The number of aromatic nitrogens is 1. The van der Waals surface area contributed by atoms with Crippen molar-refractivity contribution in [2.75, 3.05) is 38.2 Å². The van der Waals surface area contributed by atoms with Gasteiger partial charge in [-0.1, -0.05) is 13.3 Å². The van der Waals surface area contributed by atoms with E-state index in [4.69, 9.17) is 4.74 Å². The van der Waals surface area contributed by atoms with E-state index in [9.17, 15) is 9.90 Å². The molecular weight excluding hydrogens is 451 g/mol. The van der Waals surface area contributed by atoms with E-state index in [1.807, 2.05) is 30.0 Å². The number of alkyl halides is 1. The van der Waals surface area contributed by atoms with Crippen molar-refractivity contribution in [2.24, 2.45) is 11.8 Å². The Balaban J connectivity index is 1.59. The van der Waals surface area contributed by atoms with Crippen LogP contribution in [0.4, 0.5) is 4.39 Å². The van der Waals surface area contributed by atoms with E-state index in [2.05, 4.69) is 16.8 Å². The Kier molecular flexibility index (Phi) is 10.9. The molecule has 34 heavy (non-hydrogen) atoms. The second kappa shape index (κ2) is 13.9. The van der Waals surface area contributed by atoms with Crippen molar-refractivity contribution in [1.82, 2.24) is 9.88 Å². The number of carboxylic acids is 1. The molecule has 2 unspecified atom stereocenters. The molecule has 0 amide bonds. The zero-order chi connectivity index (χ0) is 24.3. The van der Waals surface area contributed by atoms with Crippen LogP contribution in [0.3, 0.4) is 0 Å². The van der Waals surface area contributed by atoms with Crippen LogP contribution in [0.15, 0.2) is 30.5 Å². The summed E-state index contributed by atoms with van der Waals surface area (Å²) in [5, 5.41) is 10.0. The highest BCUT2D eigenvalue weighted by molar-refractivity contribution is 7.99. The van der Waals surface area contributed by atoms with E-state index in [0.29, 0.717) is 36.0 Å². The number of aliphatic carboxylic acids is 1. The molecule has 7 heteroatoms. The van der Waals surface area contributed by atoms with E-state index >= 15 is 4.39 Å². The molecule has 2 aromatic rings. The summed E-state index contributed by atoms with van der Waals surface area (Å²) in [7, 11) is 1.61. The third kappa shape index (κ3) is 7.84. The molecule has 5 nitrogen and oxygen atoms in total. The van der Waals surface area contributed by atoms with Gasteiger partial charge in [0.1, 0.15) is 11.9 Å². The van der Waals surface area contributed by atoms with Gasteiger partial charge in [0.05, 0.1) is 12.6 Å². The van der Waals surface area contributed by atoms with Gasteiger partial charge in [-0.25, -0.2) is 4.39 Å². The molecule has 188 valence electrons. The van der Waals surface area contributed by atoms with Crippen LogP contribution >= 0.6 is 11.8 Å². The molecule has 1 aliphatic rings. The van der Waals surface area contributed by atoms with Gasteiger partial charge in [0.25, 0.3) is 0 Å². The predicted molar refractivity (Wildman–Crippen MR) is 139 cm³/mol. The molecule has 0 radical (unpaired) electrons. The van der Waals surface area contributed by atoms with Crippen LogP contribution in [0.5, 0.6) is 5.75 Å².